The number of hydrogen-bond donors (Lipinski definition) is 1. The van der Waals surface area contributed by atoms with Crippen LogP contribution in [0.5, 0.6) is 0 Å². The number of hydrogen-bond acceptors (Lipinski definition) is 4. The summed E-state index contributed by atoms with van der Waals surface area (Å²) < 4.78 is 26.7. The maximum atomic E-state index is 13.5. The molecule has 7 nitrogen and oxygen atoms in total. The highest BCUT2D eigenvalue weighted by Gasteiger charge is 2.31. The van der Waals surface area contributed by atoms with Crippen molar-refractivity contribution in [1.82, 2.24) is 10.2 Å². The molecule has 2 aromatic rings. The first kappa shape index (κ1) is 27.1. The van der Waals surface area contributed by atoms with Crippen LogP contribution < -0.4 is 9.62 Å². The van der Waals surface area contributed by atoms with E-state index < -0.39 is 28.5 Å². The van der Waals surface area contributed by atoms with Gasteiger partial charge in [-0.25, -0.2) is 8.42 Å². The summed E-state index contributed by atoms with van der Waals surface area (Å²) in [6.07, 6.45) is 1.79. The molecule has 0 radical (unpaired) electrons. The van der Waals surface area contributed by atoms with Crippen LogP contribution in [-0.4, -0.2) is 50.0 Å². The number of halogens is 2. The van der Waals surface area contributed by atoms with Crippen molar-refractivity contribution in [1.29, 1.82) is 0 Å². The molecule has 0 spiro atoms. The minimum Gasteiger partial charge on any atom is -0.352 e. The molecule has 2 aromatic carbocycles. The molecule has 0 heterocycles. The van der Waals surface area contributed by atoms with Crippen molar-refractivity contribution in [3.8, 4) is 0 Å². The van der Waals surface area contributed by atoms with E-state index >= 15 is 0 Å². The Kier molecular flexibility index (Phi) is 9.75. The second-order valence-corrected chi connectivity index (χ2v) is 11.1. The third-order valence-corrected chi connectivity index (χ3v) is 7.28. The molecule has 1 N–H and O–H groups in total. The number of carbonyl (C=O) groups is 2. The van der Waals surface area contributed by atoms with Crippen LogP contribution >= 0.6 is 27.5 Å². The first-order chi connectivity index (χ1) is 15.4. The number of nitrogens with one attached hydrogen (secondary N) is 1. The highest BCUT2D eigenvalue weighted by molar-refractivity contribution is 9.10. The second-order valence-electron chi connectivity index (χ2n) is 7.86. The van der Waals surface area contributed by atoms with Crippen LogP contribution in [-0.2, 0) is 26.2 Å². The van der Waals surface area contributed by atoms with Crippen LogP contribution in [0, 0.1) is 0 Å². The topological polar surface area (TPSA) is 86.8 Å². The Hall–Kier alpha value is -2.10. The van der Waals surface area contributed by atoms with E-state index in [1.54, 1.807) is 55.5 Å². The van der Waals surface area contributed by atoms with Gasteiger partial charge in [0, 0.05) is 22.1 Å². The monoisotopic (exact) mass is 557 g/mol. The molecule has 0 fully saturated rings. The first-order valence-corrected chi connectivity index (χ1v) is 13.5. The summed E-state index contributed by atoms with van der Waals surface area (Å²) in [5, 5.41) is 3.44. The van der Waals surface area contributed by atoms with Gasteiger partial charge in [0.05, 0.1) is 11.9 Å². The zero-order chi connectivity index (χ0) is 24.8. The lowest BCUT2D eigenvalue weighted by atomic mass is 10.1. The highest BCUT2D eigenvalue weighted by Crippen LogP contribution is 2.28. The Labute approximate surface area is 209 Å². The Morgan fingerprint density at radius 2 is 1.70 bits per heavy atom. The number of nitrogens with zero attached hydrogens (tertiary/aromatic N) is 2. The maximum absolute atomic E-state index is 13.5. The fourth-order valence-electron chi connectivity index (χ4n) is 3.08. The maximum Gasteiger partial charge on any atom is 0.244 e. The first-order valence-electron chi connectivity index (χ1n) is 10.5. The molecule has 0 saturated carbocycles. The lowest BCUT2D eigenvalue weighted by Crippen LogP contribution is -2.52. The van der Waals surface area contributed by atoms with Crippen molar-refractivity contribution in [3.63, 3.8) is 0 Å². The summed E-state index contributed by atoms with van der Waals surface area (Å²) in [5.41, 5.74) is 1.11. The van der Waals surface area contributed by atoms with Gasteiger partial charge in [0.15, 0.2) is 0 Å². The number of carbonyl (C=O) groups excluding carboxylic acids is 2. The van der Waals surface area contributed by atoms with Gasteiger partial charge in [-0.2, -0.15) is 0 Å². The normalized spacial score (nSPS) is 13.2. The van der Waals surface area contributed by atoms with Crippen LogP contribution in [0.4, 0.5) is 5.69 Å². The second kappa shape index (κ2) is 11.9. The molecule has 2 atom stereocenters. The Morgan fingerprint density at radius 3 is 2.24 bits per heavy atom. The molecule has 0 aromatic heterocycles. The van der Waals surface area contributed by atoms with Gasteiger partial charge in [-0.1, -0.05) is 42.8 Å². The number of anilines is 1. The van der Waals surface area contributed by atoms with Crippen LogP contribution in [0.25, 0.3) is 0 Å². The summed E-state index contributed by atoms with van der Waals surface area (Å²) in [6, 6.07) is 12.8. The Bertz CT molecular complexity index is 1080. The zero-order valence-corrected chi connectivity index (χ0v) is 22.2. The van der Waals surface area contributed by atoms with Gasteiger partial charge >= 0.3 is 0 Å². The molecule has 180 valence electrons. The smallest absolute Gasteiger partial charge is 0.244 e. The Balaban J connectivity index is 2.39. The van der Waals surface area contributed by atoms with E-state index in [0.717, 1.165) is 22.5 Å². The quantitative estimate of drug-likeness (QED) is 0.474. The molecule has 2 rings (SSSR count). The number of sulfonamides is 1. The fourth-order valence-corrected chi connectivity index (χ4v) is 4.69. The molecule has 0 aliphatic carbocycles. The van der Waals surface area contributed by atoms with Crippen molar-refractivity contribution in [2.45, 2.75) is 45.8 Å². The van der Waals surface area contributed by atoms with Crippen LogP contribution in [0.1, 0.15) is 32.8 Å². The van der Waals surface area contributed by atoms with Crippen LogP contribution in [0.3, 0.4) is 0 Å². The number of amides is 2. The molecule has 33 heavy (non-hydrogen) atoms. The van der Waals surface area contributed by atoms with Crippen molar-refractivity contribution in [2.24, 2.45) is 0 Å². The van der Waals surface area contributed by atoms with E-state index in [4.69, 9.17) is 11.6 Å². The van der Waals surface area contributed by atoms with Crippen LogP contribution in [0.2, 0.25) is 5.02 Å². The van der Waals surface area contributed by atoms with Gasteiger partial charge in [0.1, 0.15) is 12.6 Å². The van der Waals surface area contributed by atoms with E-state index in [1.165, 1.54) is 4.90 Å². The molecular weight excluding hydrogens is 530 g/mol. The van der Waals surface area contributed by atoms with E-state index in [9.17, 15) is 18.0 Å². The predicted octanol–water partition coefficient (Wildman–Crippen LogP) is 4.20. The fraction of sp³-hybridized carbons (Fsp3) is 0.391. The Morgan fingerprint density at radius 1 is 1.09 bits per heavy atom. The van der Waals surface area contributed by atoms with Gasteiger partial charge in [-0.3, -0.25) is 13.9 Å². The molecule has 2 amide bonds. The van der Waals surface area contributed by atoms with Crippen molar-refractivity contribution in [2.75, 3.05) is 17.1 Å². The molecule has 10 heteroatoms. The van der Waals surface area contributed by atoms with E-state index in [0.29, 0.717) is 15.2 Å². The molecule has 0 aliphatic heterocycles. The zero-order valence-electron chi connectivity index (χ0n) is 19.1. The van der Waals surface area contributed by atoms with Gasteiger partial charge in [-0.15, -0.1) is 0 Å². The van der Waals surface area contributed by atoms with Gasteiger partial charge in [0.25, 0.3) is 0 Å². The number of benzene rings is 2. The van der Waals surface area contributed by atoms with Gasteiger partial charge < -0.3 is 10.2 Å². The third-order valence-electron chi connectivity index (χ3n) is 5.23. The van der Waals surface area contributed by atoms with Gasteiger partial charge in [-0.05, 0) is 66.0 Å². The summed E-state index contributed by atoms with van der Waals surface area (Å²) in [7, 11) is -3.78. The van der Waals surface area contributed by atoms with E-state index in [1.807, 2.05) is 13.8 Å². The predicted molar refractivity (Wildman–Crippen MR) is 136 cm³/mol. The molecule has 0 aliphatic rings. The minimum absolute atomic E-state index is 0.0553. The molecule has 0 bridgehead atoms. The van der Waals surface area contributed by atoms with E-state index in [2.05, 4.69) is 21.2 Å². The molecule has 2 unspecified atom stereocenters. The summed E-state index contributed by atoms with van der Waals surface area (Å²) >= 11 is 9.33. The number of para-hydroxylation sites is 1. The SMILES string of the molecule is CCC(C)NC(=O)C(C)N(Cc1ccc(Cl)cc1)C(=O)CN(c1ccccc1Br)S(C)(=O)=O. The van der Waals surface area contributed by atoms with Crippen molar-refractivity contribution >= 4 is 55.1 Å². The molecule has 0 saturated heterocycles. The summed E-state index contributed by atoms with van der Waals surface area (Å²) in [4.78, 5) is 27.7. The van der Waals surface area contributed by atoms with Crippen LogP contribution in [0.15, 0.2) is 53.0 Å². The average Bonchev–Trinajstić information content (AvgIpc) is 2.76. The minimum atomic E-state index is -3.78. The average molecular weight is 559 g/mol. The highest BCUT2D eigenvalue weighted by atomic mass is 79.9. The van der Waals surface area contributed by atoms with Crippen molar-refractivity contribution < 1.29 is 18.0 Å². The number of rotatable bonds is 10. The van der Waals surface area contributed by atoms with Gasteiger partial charge in [0.2, 0.25) is 21.8 Å². The lowest BCUT2D eigenvalue weighted by molar-refractivity contribution is -0.139. The summed E-state index contributed by atoms with van der Waals surface area (Å²) in [5.74, 6) is -0.809. The largest absolute Gasteiger partial charge is 0.352 e. The van der Waals surface area contributed by atoms with Crippen molar-refractivity contribution in [3.05, 3.63) is 63.6 Å². The summed E-state index contributed by atoms with van der Waals surface area (Å²) in [6.45, 7) is 5.14. The molecular formula is C23H29BrClN3O4S. The van der Waals surface area contributed by atoms with E-state index in [-0.39, 0.29) is 18.5 Å². The lowest BCUT2D eigenvalue weighted by Gasteiger charge is -2.32. The standard InChI is InChI=1S/C23H29BrClN3O4S/c1-5-16(2)26-23(30)17(3)27(14-18-10-12-19(25)13-11-18)22(29)15-28(33(4,31)32)21-9-7-6-8-20(21)24/h6-13,16-17H,5,14-15H2,1-4H3,(H,26,30). The third kappa shape index (κ3) is 7.72.